The molecule has 0 aliphatic carbocycles. The highest BCUT2D eigenvalue weighted by Crippen LogP contribution is 2.35. The Balaban J connectivity index is 1.23. The molecule has 3 aliphatic heterocycles. The van der Waals surface area contributed by atoms with Crippen molar-refractivity contribution in [2.45, 2.75) is 37.8 Å². The molecule has 0 radical (unpaired) electrons. The van der Waals surface area contributed by atoms with E-state index in [2.05, 4.69) is 9.97 Å². The zero-order valence-corrected chi connectivity index (χ0v) is 15.9. The Morgan fingerprint density at radius 3 is 2.52 bits per heavy atom. The quantitative estimate of drug-likeness (QED) is 0.690. The lowest BCUT2D eigenvalue weighted by Crippen LogP contribution is -2.49. The van der Waals surface area contributed by atoms with Crippen molar-refractivity contribution in [2.75, 3.05) is 37.7 Å². The first-order chi connectivity index (χ1) is 13.8. The maximum atomic E-state index is 12.8. The van der Waals surface area contributed by atoms with Crippen LogP contribution in [0.2, 0.25) is 0 Å². The normalized spacial score (nSPS) is 25.3. The Labute approximate surface area is 166 Å². The molecule has 0 spiro atoms. The molecule has 3 aliphatic rings. The number of likely N-dealkylation sites (tertiary alicyclic amines) is 1. The fourth-order valence-corrected chi connectivity index (χ4v) is 4.05. The third-order valence-electron chi connectivity index (χ3n) is 5.98. The van der Waals surface area contributed by atoms with Crippen LogP contribution in [0.15, 0.2) is 12.4 Å². The number of amides is 1. The van der Waals surface area contributed by atoms with E-state index in [-0.39, 0.29) is 36.7 Å². The number of aromatic nitrogens is 2. The second-order valence-electron chi connectivity index (χ2n) is 8.06. The van der Waals surface area contributed by atoms with Crippen molar-refractivity contribution in [1.82, 2.24) is 14.9 Å². The first-order valence-corrected chi connectivity index (χ1v) is 9.86. The predicted molar refractivity (Wildman–Crippen MR) is 96.0 cm³/mol. The number of carbonyl (C=O) groups is 2. The molecule has 2 atom stereocenters. The van der Waals surface area contributed by atoms with Crippen molar-refractivity contribution in [3.63, 3.8) is 0 Å². The summed E-state index contributed by atoms with van der Waals surface area (Å²) in [6.45, 7) is 1.76. The fourth-order valence-electron chi connectivity index (χ4n) is 4.05. The Morgan fingerprint density at radius 1 is 1.21 bits per heavy atom. The number of esters is 1. The van der Waals surface area contributed by atoms with Crippen LogP contribution >= 0.6 is 0 Å². The monoisotopic (exact) mass is 412 g/mol. The van der Waals surface area contributed by atoms with Gasteiger partial charge in [0.1, 0.15) is 5.82 Å². The number of carbonyl (C=O) groups excluding carboxylic acids is 2. The van der Waals surface area contributed by atoms with Crippen LogP contribution in [-0.4, -0.2) is 65.7 Å². The van der Waals surface area contributed by atoms with E-state index in [1.54, 1.807) is 22.2 Å². The molecule has 1 aromatic rings. The number of ether oxygens (including phenoxy) is 1. The maximum absolute atomic E-state index is 12.8. The van der Waals surface area contributed by atoms with Crippen LogP contribution in [0.3, 0.4) is 0 Å². The minimum Gasteiger partial charge on any atom is -0.465 e. The molecule has 158 valence electrons. The van der Waals surface area contributed by atoms with Crippen LogP contribution in [0.25, 0.3) is 0 Å². The van der Waals surface area contributed by atoms with Crippen molar-refractivity contribution in [3.05, 3.63) is 18.2 Å². The molecule has 0 aromatic carbocycles. The van der Waals surface area contributed by atoms with Gasteiger partial charge < -0.3 is 14.5 Å². The number of cyclic esters (lactones) is 1. The van der Waals surface area contributed by atoms with Gasteiger partial charge in [-0.05, 0) is 12.8 Å². The first-order valence-electron chi connectivity index (χ1n) is 9.86. The average Bonchev–Trinajstić information content (AvgIpc) is 3.28. The van der Waals surface area contributed by atoms with E-state index in [4.69, 9.17) is 4.74 Å². The summed E-state index contributed by atoms with van der Waals surface area (Å²) in [6, 6.07) is 0. The van der Waals surface area contributed by atoms with E-state index in [9.17, 15) is 22.8 Å². The molecule has 1 unspecified atom stereocenters. The number of hydrogen-bond donors (Lipinski definition) is 0. The molecule has 4 rings (SSSR count). The fraction of sp³-hybridized carbons (Fsp3) is 0.684. The van der Waals surface area contributed by atoms with Crippen LogP contribution in [0.4, 0.5) is 18.9 Å². The summed E-state index contributed by atoms with van der Waals surface area (Å²) in [5, 5.41) is 0. The minimum atomic E-state index is -4.17. The second-order valence-corrected chi connectivity index (χ2v) is 8.06. The summed E-state index contributed by atoms with van der Waals surface area (Å²) in [4.78, 5) is 35.4. The molecule has 3 fully saturated rings. The molecule has 29 heavy (non-hydrogen) atoms. The third kappa shape index (κ3) is 4.45. The van der Waals surface area contributed by atoms with Gasteiger partial charge >= 0.3 is 12.1 Å². The highest BCUT2D eigenvalue weighted by Gasteiger charge is 2.43. The highest BCUT2D eigenvalue weighted by atomic mass is 19.4. The van der Waals surface area contributed by atoms with E-state index in [0.717, 1.165) is 0 Å². The van der Waals surface area contributed by atoms with Gasteiger partial charge in [-0.3, -0.25) is 9.59 Å². The number of nitrogens with zero attached hydrogens (tertiary/aromatic N) is 4. The van der Waals surface area contributed by atoms with E-state index in [1.165, 1.54) is 0 Å². The molecular formula is C19H23F3N4O3. The van der Waals surface area contributed by atoms with Gasteiger partial charge in [0.25, 0.3) is 0 Å². The summed E-state index contributed by atoms with van der Waals surface area (Å²) in [5.74, 6) is -0.670. The number of anilines is 1. The zero-order chi connectivity index (χ0) is 20.6. The van der Waals surface area contributed by atoms with Crippen LogP contribution in [-0.2, 0) is 14.3 Å². The summed E-state index contributed by atoms with van der Waals surface area (Å²) in [7, 11) is 0. The number of alkyl halides is 3. The Bertz CT molecular complexity index is 765. The van der Waals surface area contributed by atoms with Crippen molar-refractivity contribution in [2.24, 2.45) is 11.8 Å². The highest BCUT2D eigenvalue weighted by molar-refractivity contribution is 5.77. The summed E-state index contributed by atoms with van der Waals surface area (Å²) in [6.07, 6.45) is 0.487. The summed E-state index contributed by atoms with van der Waals surface area (Å²) < 4.78 is 43.4. The lowest BCUT2D eigenvalue weighted by Gasteiger charge is -2.38. The topological polar surface area (TPSA) is 75.6 Å². The van der Waals surface area contributed by atoms with Gasteiger partial charge in [0.2, 0.25) is 5.91 Å². The van der Waals surface area contributed by atoms with E-state index >= 15 is 0 Å². The van der Waals surface area contributed by atoms with E-state index in [0.29, 0.717) is 57.0 Å². The Kier molecular flexibility index (Phi) is 5.35. The molecule has 1 amide bonds. The van der Waals surface area contributed by atoms with Gasteiger partial charge in [0.15, 0.2) is 0 Å². The molecule has 7 nitrogen and oxygen atoms in total. The predicted octanol–water partition coefficient (Wildman–Crippen LogP) is 2.13. The summed E-state index contributed by atoms with van der Waals surface area (Å²) >= 11 is 0. The number of rotatable bonds is 5. The van der Waals surface area contributed by atoms with Crippen LogP contribution in [0.5, 0.6) is 0 Å². The minimum absolute atomic E-state index is 0.0471. The summed E-state index contributed by atoms with van der Waals surface area (Å²) in [5.41, 5.74) is 0.598. The molecule has 0 bridgehead atoms. The van der Waals surface area contributed by atoms with Gasteiger partial charge in [-0.25, -0.2) is 9.97 Å². The van der Waals surface area contributed by atoms with Crippen molar-refractivity contribution < 1.29 is 27.5 Å². The molecule has 10 heteroatoms. The van der Waals surface area contributed by atoms with Crippen molar-refractivity contribution >= 4 is 17.6 Å². The average molecular weight is 412 g/mol. The number of halogens is 3. The lowest BCUT2D eigenvalue weighted by molar-refractivity contribution is -0.168. The maximum Gasteiger partial charge on any atom is 0.393 e. The van der Waals surface area contributed by atoms with Gasteiger partial charge in [0.05, 0.1) is 42.9 Å². The molecule has 3 saturated heterocycles. The molecule has 0 N–H and O–H groups in total. The Hall–Kier alpha value is -2.39. The van der Waals surface area contributed by atoms with Crippen molar-refractivity contribution in [3.8, 4) is 0 Å². The van der Waals surface area contributed by atoms with Crippen molar-refractivity contribution in [1.29, 1.82) is 0 Å². The first kappa shape index (κ1) is 19.9. The molecular weight excluding hydrogens is 389 g/mol. The van der Waals surface area contributed by atoms with E-state index < -0.39 is 12.1 Å². The molecule has 1 aromatic heterocycles. The van der Waals surface area contributed by atoms with Crippen LogP contribution in [0, 0.1) is 11.8 Å². The Morgan fingerprint density at radius 2 is 1.93 bits per heavy atom. The largest absolute Gasteiger partial charge is 0.465 e. The van der Waals surface area contributed by atoms with Gasteiger partial charge in [-0.1, -0.05) is 0 Å². The SMILES string of the molecule is O=C1C[C@H](CCC(=O)N2CC(c3ncc(N4CCC(C(F)(F)F)C4)cn3)C2)CO1. The number of hydrogen-bond acceptors (Lipinski definition) is 6. The molecule has 0 saturated carbocycles. The third-order valence-corrected chi connectivity index (χ3v) is 5.98. The van der Waals surface area contributed by atoms with E-state index in [1.807, 2.05) is 0 Å². The van der Waals surface area contributed by atoms with Crippen LogP contribution in [0.1, 0.15) is 37.4 Å². The lowest BCUT2D eigenvalue weighted by atomic mass is 9.96. The smallest absolute Gasteiger partial charge is 0.393 e. The zero-order valence-electron chi connectivity index (χ0n) is 15.9. The van der Waals surface area contributed by atoms with Crippen LogP contribution < -0.4 is 4.90 Å². The van der Waals surface area contributed by atoms with Gasteiger partial charge in [0, 0.05) is 38.5 Å². The standard InChI is InChI=1S/C19H23F3N4O3/c20-19(21,22)14-3-4-25(10-14)15-6-23-18(24-7-15)13-8-26(9-13)16(27)2-1-12-5-17(28)29-11-12/h6-7,12-14H,1-5,8-11H2/t12-,14?/m0/s1. The van der Waals surface area contributed by atoms with Gasteiger partial charge in [-0.2, -0.15) is 13.2 Å². The molecule has 4 heterocycles. The second kappa shape index (κ2) is 7.79. The van der Waals surface area contributed by atoms with Gasteiger partial charge in [-0.15, -0.1) is 0 Å².